The second-order valence-corrected chi connectivity index (χ2v) is 22.6. The van der Waals surface area contributed by atoms with Gasteiger partial charge in [0.25, 0.3) is 0 Å². The molecule has 0 radical (unpaired) electrons. The van der Waals surface area contributed by atoms with E-state index in [1.807, 2.05) is 97.1 Å². The summed E-state index contributed by atoms with van der Waals surface area (Å²) in [6.07, 6.45) is 5.76. The van der Waals surface area contributed by atoms with Gasteiger partial charge in [0.2, 0.25) is 7.07 Å². The summed E-state index contributed by atoms with van der Waals surface area (Å²) in [7, 11) is 0.0132. The average molecular weight is 955 g/mol. The van der Waals surface area contributed by atoms with Crippen molar-refractivity contribution < 1.29 is 46.1 Å². The summed E-state index contributed by atoms with van der Waals surface area (Å²) in [5, 5.41) is 8.91. The molecule has 0 aliphatic heterocycles. The molecule has 0 saturated carbocycles. The minimum atomic E-state index is -3.49. The Hall–Kier alpha value is -3.59. The summed E-state index contributed by atoms with van der Waals surface area (Å²) in [5.41, 5.74) is 3.67. The van der Waals surface area contributed by atoms with Crippen LogP contribution < -0.4 is 18.5 Å². The molecular weight excluding hydrogens is 900 g/mol. The molecule has 4 aromatic carbocycles. The number of hydrogen-bond donors (Lipinski definition) is 1. The SMILES string of the molecule is COc1ccc(/C=N/N(C)[PH](=S)Oc2ccc(C=NCOc3ccc(/C=N/N(C)[PH](=S)Oc4ccc(CCN(CP(=O)(OC)OC)C[PH](O)(OC)OC)cc4)cc3)cc2)cc1. The van der Waals surface area contributed by atoms with E-state index in [-0.39, 0.29) is 19.3 Å². The van der Waals surface area contributed by atoms with Crippen LogP contribution in [0.1, 0.15) is 22.3 Å². The zero-order valence-electron chi connectivity index (χ0n) is 35.1. The van der Waals surface area contributed by atoms with Crippen molar-refractivity contribution in [2.24, 2.45) is 15.2 Å². The van der Waals surface area contributed by atoms with Crippen molar-refractivity contribution in [3.05, 3.63) is 119 Å². The van der Waals surface area contributed by atoms with Gasteiger partial charge in [0.05, 0.1) is 19.5 Å². The summed E-state index contributed by atoms with van der Waals surface area (Å²) in [4.78, 5) is 16.8. The molecule has 22 heteroatoms. The molecule has 0 aliphatic carbocycles. The van der Waals surface area contributed by atoms with E-state index in [4.69, 9.17) is 60.2 Å². The molecule has 4 rings (SSSR count). The fraction of sp³-hybridized carbons (Fsp3) is 0.308. The summed E-state index contributed by atoms with van der Waals surface area (Å²) < 4.78 is 59.8. The van der Waals surface area contributed by atoms with Crippen LogP contribution in [0.3, 0.4) is 0 Å². The van der Waals surface area contributed by atoms with Gasteiger partial charge in [-0.05, 0) is 101 Å². The van der Waals surface area contributed by atoms with E-state index in [0.29, 0.717) is 30.2 Å². The molecule has 2 atom stereocenters. The van der Waals surface area contributed by atoms with E-state index in [1.54, 1.807) is 54.3 Å². The van der Waals surface area contributed by atoms with Crippen LogP contribution in [0.5, 0.6) is 23.0 Å². The molecule has 61 heavy (non-hydrogen) atoms. The molecule has 16 nitrogen and oxygen atoms in total. The second kappa shape index (κ2) is 25.5. The molecule has 332 valence electrons. The van der Waals surface area contributed by atoms with Gasteiger partial charge < -0.3 is 14.0 Å². The van der Waals surface area contributed by atoms with Crippen LogP contribution in [0, 0.1) is 0 Å². The van der Waals surface area contributed by atoms with Gasteiger partial charge in [-0.25, -0.2) is 4.78 Å². The Labute approximate surface area is 370 Å². The number of benzene rings is 4. The van der Waals surface area contributed by atoms with Crippen LogP contribution in [0.4, 0.5) is 0 Å². The Morgan fingerprint density at radius 3 is 1.57 bits per heavy atom. The zero-order chi connectivity index (χ0) is 44.3. The fourth-order valence-electron chi connectivity index (χ4n) is 5.09. The van der Waals surface area contributed by atoms with Crippen molar-refractivity contribution in [3.63, 3.8) is 0 Å². The van der Waals surface area contributed by atoms with Gasteiger partial charge in [-0.2, -0.15) is 5.10 Å². The van der Waals surface area contributed by atoms with Crippen LogP contribution >= 0.6 is 29.7 Å². The van der Waals surface area contributed by atoms with Crippen LogP contribution in [-0.2, 0) is 52.7 Å². The normalized spacial score (nSPS) is 13.5. The van der Waals surface area contributed by atoms with Gasteiger partial charge >= 0.3 is 178 Å². The molecular formula is C39H54N6O10P4S2. The fourth-order valence-corrected chi connectivity index (χ4v) is 9.76. The van der Waals surface area contributed by atoms with Gasteiger partial charge in [0, 0.05) is 13.3 Å². The molecule has 4 aromatic rings. The standard InChI is InChI=1S/C39H54N6O10P4S2/c1-43(41-27-34-10-16-36(48-3)17-11-34)57(61)55-39-22-14-33(15-23-39)26-40-29-53-37-18-12-35(13-19-37)28-42-44(2)56(60)54-38-20-8-32(9-21-38)24-25-45(30-58(46,49-4)50-5)31-59(47,51-6)52-7/h8-23,26-28,46,56-58H,24-25,29-31H2,1-7H3/b40-26?,41-27+,42-28+. The molecule has 0 bridgehead atoms. The molecule has 0 aromatic heterocycles. The summed E-state index contributed by atoms with van der Waals surface area (Å²) in [6, 6.07) is 30.1. The maximum Gasteiger partial charge on any atom is -0.0189 e. The largest absolute Gasteiger partial charge is 0.0498 e. The molecule has 0 amide bonds. The van der Waals surface area contributed by atoms with E-state index in [0.717, 1.165) is 28.0 Å². The van der Waals surface area contributed by atoms with Gasteiger partial charge in [0.15, 0.2) is 6.73 Å². The predicted molar refractivity (Wildman–Crippen MR) is 255 cm³/mol. The van der Waals surface area contributed by atoms with Crippen molar-refractivity contribution >= 4 is 71.9 Å². The Balaban J connectivity index is 1.18. The van der Waals surface area contributed by atoms with E-state index in [9.17, 15) is 9.46 Å². The van der Waals surface area contributed by atoms with Crippen molar-refractivity contribution in [3.8, 4) is 23.0 Å². The van der Waals surface area contributed by atoms with Crippen LogP contribution in [-0.4, -0.2) is 113 Å². The third-order valence-electron chi connectivity index (χ3n) is 8.75. The first-order valence-corrected chi connectivity index (χ1v) is 27.3. The Kier molecular flexibility index (Phi) is 20.9. The third-order valence-corrected chi connectivity index (χ3v) is 16.9. The first kappa shape index (κ1) is 50.1. The summed E-state index contributed by atoms with van der Waals surface area (Å²) in [5.74, 6) is 2.72. The molecule has 1 N–H and O–H groups in total. The number of rotatable bonds is 26. The smallest absolute Gasteiger partial charge is 0.0189 e. The van der Waals surface area contributed by atoms with Gasteiger partial charge in [-0.3, -0.25) is 4.99 Å². The maximum atomic E-state index is 12.8. The Morgan fingerprint density at radius 1 is 0.672 bits per heavy atom. The topological polar surface area (TPSA) is 158 Å². The van der Waals surface area contributed by atoms with Crippen molar-refractivity contribution in [1.29, 1.82) is 0 Å². The summed E-state index contributed by atoms with van der Waals surface area (Å²) >= 11 is 11.2. The van der Waals surface area contributed by atoms with Crippen molar-refractivity contribution in [2.75, 3.05) is 75.5 Å². The van der Waals surface area contributed by atoms with Gasteiger partial charge in [0.1, 0.15) is 17.2 Å². The number of hydrogen-bond acceptors (Lipinski definition) is 16. The Morgan fingerprint density at radius 2 is 1.11 bits per heavy atom. The summed E-state index contributed by atoms with van der Waals surface area (Å²) in [6.45, 7) is 0.575. The predicted octanol–water partition coefficient (Wildman–Crippen LogP) is 7.88. The number of hydrazone groups is 2. The molecule has 0 heterocycles. The number of ether oxygens (including phenoxy) is 2. The third kappa shape index (κ3) is 17.2. The molecule has 0 saturated heterocycles. The molecule has 0 spiro atoms. The molecule has 0 aliphatic rings. The first-order valence-electron chi connectivity index (χ1n) is 18.6. The number of aliphatic imine (C=N–C) groups is 1. The van der Waals surface area contributed by atoms with Crippen molar-refractivity contribution in [2.45, 2.75) is 6.42 Å². The van der Waals surface area contributed by atoms with E-state index < -0.39 is 29.7 Å². The molecule has 2 unspecified atom stereocenters. The second-order valence-electron chi connectivity index (χ2n) is 13.0. The number of methoxy groups -OCH3 is 1. The van der Waals surface area contributed by atoms with Crippen LogP contribution in [0.2, 0.25) is 0 Å². The van der Waals surface area contributed by atoms with E-state index in [1.165, 1.54) is 28.4 Å². The maximum absolute atomic E-state index is 12.8. The molecule has 0 fully saturated rings. The monoisotopic (exact) mass is 954 g/mol. The van der Waals surface area contributed by atoms with Gasteiger partial charge in [-0.15, -0.1) is 0 Å². The minimum Gasteiger partial charge on any atom is -0.0498 e. The van der Waals surface area contributed by atoms with Crippen LogP contribution in [0.25, 0.3) is 0 Å². The quantitative estimate of drug-likeness (QED) is 0.0368. The first-order chi connectivity index (χ1) is 29.3. The zero-order valence-corrected chi connectivity index (χ0v) is 40.6. The van der Waals surface area contributed by atoms with Gasteiger partial charge in [-0.1, -0.05) is 0 Å². The van der Waals surface area contributed by atoms with E-state index >= 15 is 0 Å². The minimum absolute atomic E-state index is 0.0400. The van der Waals surface area contributed by atoms with E-state index in [2.05, 4.69) is 15.2 Å². The van der Waals surface area contributed by atoms with Crippen LogP contribution in [0.15, 0.2) is 112 Å². The van der Waals surface area contributed by atoms with Crippen molar-refractivity contribution in [1.82, 2.24) is 14.5 Å². The Bertz CT molecular complexity index is 2130. The average Bonchev–Trinajstić information content (AvgIpc) is 3.29. The number of nitrogens with zero attached hydrogens (tertiary/aromatic N) is 6.